The topological polar surface area (TPSA) is 90.5 Å². The third kappa shape index (κ3) is 2.87. The molecule has 0 unspecified atom stereocenters. The maximum absolute atomic E-state index is 12.7. The van der Waals surface area contributed by atoms with E-state index in [-0.39, 0.29) is 22.7 Å². The molecule has 0 saturated carbocycles. The van der Waals surface area contributed by atoms with Crippen LogP contribution in [0.15, 0.2) is 22.4 Å². The Morgan fingerprint density at radius 1 is 1.43 bits per heavy atom. The second kappa shape index (κ2) is 5.63. The first kappa shape index (κ1) is 15.7. The van der Waals surface area contributed by atoms with E-state index in [1.165, 1.54) is 29.6 Å². The highest BCUT2D eigenvalue weighted by Crippen LogP contribution is 2.27. The van der Waals surface area contributed by atoms with E-state index in [9.17, 15) is 13.2 Å². The van der Waals surface area contributed by atoms with Crippen LogP contribution >= 0.6 is 11.3 Å². The molecule has 0 aliphatic carbocycles. The number of hydrogen-bond donors (Lipinski definition) is 2. The number of carbonyl (C=O) groups is 1. The first-order chi connectivity index (χ1) is 9.75. The molecule has 21 heavy (non-hydrogen) atoms. The largest absolute Gasteiger partial charge is 0.477 e. The van der Waals surface area contributed by atoms with Crippen LogP contribution in [0.25, 0.3) is 0 Å². The first-order valence-electron chi connectivity index (χ1n) is 6.16. The number of thiophene rings is 1. The van der Waals surface area contributed by atoms with Crippen molar-refractivity contribution in [3.63, 3.8) is 0 Å². The number of H-pyrrole nitrogens is 1. The zero-order chi connectivity index (χ0) is 15.8. The van der Waals surface area contributed by atoms with Crippen molar-refractivity contribution in [3.8, 4) is 0 Å². The van der Waals surface area contributed by atoms with Gasteiger partial charge in [0.25, 0.3) is 0 Å². The summed E-state index contributed by atoms with van der Waals surface area (Å²) in [5.41, 5.74) is 0.483. The van der Waals surface area contributed by atoms with E-state index in [1.54, 1.807) is 6.92 Å². The van der Waals surface area contributed by atoms with E-state index in [0.29, 0.717) is 5.69 Å². The molecule has 0 aliphatic heterocycles. The van der Waals surface area contributed by atoms with Crippen LogP contribution < -0.4 is 0 Å². The third-order valence-corrected chi connectivity index (χ3v) is 6.15. The van der Waals surface area contributed by atoms with Crippen LogP contribution in [0.5, 0.6) is 0 Å². The molecule has 2 N–H and O–H groups in total. The Labute approximate surface area is 127 Å². The van der Waals surface area contributed by atoms with Crippen molar-refractivity contribution in [3.05, 3.63) is 39.3 Å². The van der Waals surface area contributed by atoms with Crippen LogP contribution in [-0.2, 0) is 16.6 Å². The molecule has 8 heteroatoms. The lowest BCUT2D eigenvalue weighted by Crippen LogP contribution is -2.27. The Morgan fingerprint density at radius 2 is 2.10 bits per heavy atom. The second-order valence-corrected chi connectivity index (χ2v) is 7.74. The molecular weight excluding hydrogens is 312 g/mol. The van der Waals surface area contributed by atoms with Gasteiger partial charge in [0.15, 0.2) is 0 Å². The quantitative estimate of drug-likeness (QED) is 0.880. The van der Waals surface area contributed by atoms with Gasteiger partial charge in [-0.1, -0.05) is 6.07 Å². The molecule has 6 nitrogen and oxygen atoms in total. The highest BCUT2D eigenvalue weighted by atomic mass is 32.2. The van der Waals surface area contributed by atoms with Gasteiger partial charge in [0.2, 0.25) is 10.0 Å². The monoisotopic (exact) mass is 328 g/mol. The predicted molar refractivity (Wildman–Crippen MR) is 80.2 cm³/mol. The number of aryl methyl sites for hydroxylation is 1. The summed E-state index contributed by atoms with van der Waals surface area (Å²) in [6.45, 7) is 3.32. The highest BCUT2D eigenvalue weighted by molar-refractivity contribution is 7.89. The molecule has 0 atom stereocenters. The minimum absolute atomic E-state index is 0.0407. The molecule has 0 fully saturated rings. The van der Waals surface area contributed by atoms with Crippen LogP contribution in [0.2, 0.25) is 0 Å². The minimum atomic E-state index is -3.74. The maximum Gasteiger partial charge on any atom is 0.352 e. The number of nitrogens with one attached hydrogen (secondary N) is 1. The molecule has 0 amide bonds. The smallest absolute Gasteiger partial charge is 0.352 e. The summed E-state index contributed by atoms with van der Waals surface area (Å²) in [7, 11) is -2.26. The summed E-state index contributed by atoms with van der Waals surface area (Å²) in [6.07, 6.45) is 0. The van der Waals surface area contributed by atoms with Crippen LogP contribution in [0.3, 0.4) is 0 Å². The lowest BCUT2D eigenvalue weighted by molar-refractivity contribution is 0.0690. The maximum atomic E-state index is 12.7. The van der Waals surface area contributed by atoms with E-state index >= 15 is 0 Å². The average molecular weight is 328 g/mol. The van der Waals surface area contributed by atoms with Crippen LogP contribution in [0, 0.1) is 13.8 Å². The summed E-state index contributed by atoms with van der Waals surface area (Å²) in [5, 5.41) is 11.0. The van der Waals surface area contributed by atoms with Gasteiger partial charge in [-0.25, -0.2) is 13.2 Å². The molecule has 2 rings (SSSR count). The first-order valence-corrected chi connectivity index (χ1v) is 8.48. The fourth-order valence-corrected chi connectivity index (χ4v) is 4.58. The predicted octanol–water partition coefficient (Wildman–Crippen LogP) is 2.21. The number of rotatable bonds is 5. The SMILES string of the molecule is Cc1[nH]c(C(=O)O)c(C)c1S(=O)(=O)N(C)Cc1cccs1. The van der Waals surface area contributed by atoms with Gasteiger partial charge in [-0.2, -0.15) is 4.31 Å². The van der Waals surface area contributed by atoms with E-state index < -0.39 is 16.0 Å². The number of sulfonamides is 1. The molecule has 114 valence electrons. The Kier molecular flexibility index (Phi) is 4.22. The fourth-order valence-electron chi connectivity index (χ4n) is 2.20. The standard InChI is InChI=1S/C13H16N2O4S2/c1-8-11(13(16)17)14-9(2)12(8)21(18,19)15(3)7-10-5-4-6-20-10/h4-6,14H,7H2,1-3H3,(H,16,17). The zero-order valence-electron chi connectivity index (χ0n) is 11.9. The van der Waals surface area contributed by atoms with Gasteiger partial charge in [0.1, 0.15) is 10.6 Å². The Morgan fingerprint density at radius 3 is 2.57 bits per heavy atom. The van der Waals surface area contributed by atoms with Gasteiger partial charge < -0.3 is 10.1 Å². The summed E-state index contributed by atoms with van der Waals surface area (Å²) in [4.78, 5) is 14.7. The summed E-state index contributed by atoms with van der Waals surface area (Å²) < 4.78 is 26.5. The Bertz CT molecular complexity index is 760. The molecule has 2 aromatic rings. The van der Waals surface area contributed by atoms with E-state index in [4.69, 9.17) is 5.11 Å². The van der Waals surface area contributed by atoms with Crippen molar-refractivity contribution in [1.82, 2.24) is 9.29 Å². The molecule has 0 radical (unpaired) electrons. The van der Waals surface area contributed by atoms with Crippen LogP contribution in [-0.4, -0.2) is 35.8 Å². The number of hydrogen-bond acceptors (Lipinski definition) is 4. The minimum Gasteiger partial charge on any atom is -0.477 e. The van der Waals surface area contributed by atoms with Gasteiger partial charge in [-0.3, -0.25) is 0 Å². The Balaban J connectivity index is 2.42. The Hall–Kier alpha value is -1.64. The molecule has 0 bridgehead atoms. The zero-order valence-corrected chi connectivity index (χ0v) is 13.5. The van der Waals surface area contributed by atoms with Gasteiger partial charge in [0, 0.05) is 29.7 Å². The number of aromatic carboxylic acids is 1. The summed E-state index contributed by atoms with van der Waals surface area (Å²) >= 11 is 1.47. The molecule has 2 aromatic heterocycles. The van der Waals surface area contributed by atoms with E-state index in [1.807, 2.05) is 17.5 Å². The van der Waals surface area contributed by atoms with Crippen molar-refractivity contribution in [1.29, 1.82) is 0 Å². The highest BCUT2D eigenvalue weighted by Gasteiger charge is 2.29. The van der Waals surface area contributed by atoms with Crippen molar-refractivity contribution < 1.29 is 18.3 Å². The van der Waals surface area contributed by atoms with E-state index in [2.05, 4.69) is 4.98 Å². The third-order valence-electron chi connectivity index (χ3n) is 3.21. The lowest BCUT2D eigenvalue weighted by Gasteiger charge is -2.17. The summed E-state index contributed by atoms with van der Waals surface area (Å²) in [6, 6.07) is 3.71. The second-order valence-electron chi connectivity index (χ2n) is 4.72. The van der Waals surface area contributed by atoms with Gasteiger partial charge >= 0.3 is 5.97 Å². The molecule has 0 saturated heterocycles. The van der Waals surface area contributed by atoms with Crippen molar-refractivity contribution >= 4 is 27.3 Å². The van der Waals surface area contributed by atoms with Gasteiger partial charge in [-0.05, 0) is 25.3 Å². The van der Waals surface area contributed by atoms with Crippen molar-refractivity contribution in [2.24, 2.45) is 0 Å². The van der Waals surface area contributed by atoms with Crippen LogP contribution in [0.4, 0.5) is 0 Å². The van der Waals surface area contributed by atoms with Crippen molar-refractivity contribution in [2.75, 3.05) is 7.05 Å². The van der Waals surface area contributed by atoms with Crippen LogP contribution in [0.1, 0.15) is 26.6 Å². The molecular formula is C13H16N2O4S2. The number of nitrogens with zero attached hydrogens (tertiary/aromatic N) is 1. The number of aromatic amines is 1. The van der Waals surface area contributed by atoms with E-state index in [0.717, 1.165) is 4.88 Å². The number of carboxylic acids is 1. The van der Waals surface area contributed by atoms with Gasteiger partial charge in [0.05, 0.1) is 0 Å². The average Bonchev–Trinajstić information content (AvgIpc) is 2.97. The molecule has 0 aromatic carbocycles. The summed E-state index contributed by atoms with van der Waals surface area (Å²) in [5.74, 6) is -1.17. The number of aromatic nitrogens is 1. The molecule has 0 aliphatic rings. The fraction of sp³-hybridized carbons (Fsp3) is 0.308. The number of carboxylic acid groups (broad SMARTS) is 1. The van der Waals surface area contributed by atoms with Gasteiger partial charge in [-0.15, -0.1) is 11.3 Å². The lowest BCUT2D eigenvalue weighted by atomic mass is 10.2. The van der Waals surface area contributed by atoms with Crippen molar-refractivity contribution in [2.45, 2.75) is 25.3 Å². The normalized spacial score (nSPS) is 12.0. The molecule has 2 heterocycles. The molecule has 0 spiro atoms.